The van der Waals surface area contributed by atoms with Gasteiger partial charge in [-0.15, -0.1) is 0 Å². The van der Waals surface area contributed by atoms with Gasteiger partial charge in [0.25, 0.3) is 11.5 Å². The van der Waals surface area contributed by atoms with Gasteiger partial charge in [0.15, 0.2) is 5.69 Å². The standard InChI is InChI=1S/C22H26N4O4S/c1-5-25(6-2)31(29,30)17-13-11-16(12-14-17)23-21(27)20-18-9-7-8-10-19(18)22(28)26(24-20)15(3)4/h7-15H,5-6H2,1-4H3,(H,23,27). The van der Waals surface area contributed by atoms with Crippen molar-refractivity contribution in [1.29, 1.82) is 0 Å². The molecule has 1 N–H and O–H groups in total. The molecule has 1 amide bonds. The van der Waals surface area contributed by atoms with Crippen LogP contribution in [-0.4, -0.2) is 41.5 Å². The molecule has 1 aromatic heterocycles. The highest BCUT2D eigenvalue weighted by molar-refractivity contribution is 7.89. The number of aromatic nitrogens is 2. The number of nitrogens with zero attached hydrogens (tertiary/aromatic N) is 3. The lowest BCUT2D eigenvalue weighted by Crippen LogP contribution is -2.30. The molecule has 8 nitrogen and oxygen atoms in total. The molecule has 0 aliphatic heterocycles. The fourth-order valence-electron chi connectivity index (χ4n) is 3.34. The van der Waals surface area contributed by atoms with E-state index in [1.807, 2.05) is 13.8 Å². The van der Waals surface area contributed by atoms with Crippen LogP contribution in [0.15, 0.2) is 58.2 Å². The number of anilines is 1. The van der Waals surface area contributed by atoms with E-state index < -0.39 is 15.9 Å². The van der Waals surface area contributed by atoms with Crippen molar-refractivity contribution in [2.24, 2.45) is 0 Å². The maximum absolute atomic E-state index is 13.0. The normalized spacial score (nSPS) is 11.9. The Hall–Kier alpha value is -3.04. The quantitative estimate of drug-likeness (QED) is 0.605. The first-order chi connectivity index (χ1) is 14.7. The van der Waals surface area contributed by atoms with Crippen molar-refractivity contribution in [3.05, 3.63) is 64.6 Å². The van der Waals surface area contributed by atoms with Gasteiger partial charge in [-0.3, -0.25) is 9.59 Å². The number of carbonyl (C=O) groups excluding carboxylic acids is 1. The van der Waals surface area contributed by atoms with E-state index in [0.29, 0.717) is 29.5 Å². The van der Waals surface area contributed by atoms with E-state index in [0.717, 1.165) is 0 Å². The third kappa shape index (κ3) is 4.38. The summed E-state index contributed by atoms with van der Waals surface area (Å²) in [6.45, 7) is 7.95. The topological polar surface area (TPSA) is 101 Å². The summed E-state index contributed by atoms with van der Waals surface area (Å²) >= 11 is 0. The SMILES string of the molecule is CCN(CC)S(=O)(=O)c1ccc(NC(=O)c2nn(C(C)C)c(=O)c3ccccc23)cc1. The second-order valence-corrected chi connectivity index (χ2v) is 9.24. The van der Waals surface area contributed by atoms with Crippen LogP contribution in [0.1, 0.15) is 44.2 Å². The predicted octanol–water partition coefficient (Wildman–Crippen LogP) is 3.26. The van der Waals surface area contributed by atoms with Crippen LogP contribution >= 0.6 is 0 Å². The van der Waals surface area contributed by atoms with Crippen LogP contribution in [0.3, 0.4) is 0 Å². The number of hydrogen-bond donors (Lipinski definition) is 1. The van der Waals surface area contributed by atoms with Gasteiger partial charge in [0.1, 0.15) is 0 Å². The number of fused-ring (bicyclic) bond motifs is 1. The highest BCUT2D eigenvalue weighted by Crippen LogP contribution is 2.20. The minimum Gasteiger partial charge on any atom is -0.321 e. The van der Waals surface area contributed by atoms with Gasteiger partial charge in [0, 0.05) is 24.2 Å². The van der Waals surface area contributed by atoms with E-state index in [1.54, 1.807) is 38.1 Å². The molecule has 31 heavy (non-hydrogen) atoms. The third-order valence-corrected chi connectivity index (χ3v) is 7.05. The molecule has 1 heterocycles. The smallest absolute Gasteiger partial charge is 0.276 e. The van der Waals surface area contributed by atoms with E-state index in [2.05, 4.69) is 10.4 Å². The molecule has 0 radical (unpaired) electrons. The van der Waals surface area contributed by atoms with Crippen LogP contribution in [0.5, 0.6) is 0 Å². The summed E-state index contributed by atoms with van der Waals surface area (Å²) in [7, 11) is -3.58. The number of carbonyl (C=O) groups is 1. The van der Waals surface area contributed by atoms with Crippen molar-refractivity contribution >= 4 is 32.4 Å². The summed E-state index contributed by atoms with van der Waals surface area (Å²) < 4.78 is 27.9. The van der Waals surface area contributed by atoms with Crippen LogP contribution in [0, 0.1) is 0 Å². The van der Waals surface area contributed by atoms with Crippen molar-refractivity contribution in [3.8, 4) is 0 Å². The van der Waals surface area contributed by atoms with Crippen molar-refractivity contribution in [3.63, 3.8) is 0 Å². The lowest BCUT2D eigenvalue weighted by Gasteiger charge is -2.18. The van der Waals surface area contributed by atoms with Gasteiger partial charge < -0.3 is 5.32 Å². The molecule has 2 aromatic carbocycles. The summed E-state index contributed by atoms with van der Waals surface area (Å²) in [5.41, 5.74) is 0.300. The minimum atomic E-state index is -3.58. The van der Waals surface area contributed by atoms with Gasteiger partial charge in [-0.2, -0.15) is 9.40 Å². The van der Waals surface area contributed by atoms with Gasteiger partial charge in [-0.25, -0.2) is 13.1 Å². The fraction of sp³-hybridized carbons (Fsp3) is 0.318. The number of hydrogen-bond acceptors (Lipinski definition) is 5. The molecule has 0 fully saturated rings. The maximum Gasteiger partial charge on any atom is 0.276 e. The summed E-state index contributed by atoms with van der Waals surface area (Å²) in [5, 5.41) is 7.91. The van der Waals surface area contributed by atoms with Gasteiger partial charge in [-0.1, -0.05) is 32.0 Å². The maximum atomic E-state index is 13.0. The van der Waals surface area contributed by atoms with Crippen molar-refractivity contribution in [1.82, 2.24) is 14.1 Å². The zero-order valence-corrected chi connectivity index (χ0v) is 18.8. The van der Waals surface area contributed by atoms with Crippen LogP contribution in [0.2, 0.25) is 0 Å². The van der Waals surface area contributed by atoms with E-state index >= 15 is 0 Å². The summed E-state index contributed by atoms with van der Waals surface area (Å²) in [6.07, 6.45) is 0. The molecule has 9 heteroatoms. The van der Waals surface area contributed by atoms with E-state index in [4.69, 9.17) is 0 Å². The first kappa shape index (κ1) is 22.6. The molecule has 0 bridgehead atoms. The van der Waals surface area contributed by atoms with Crippen LogP contribution in [0.25, 0.3) is 10.8 Å². The molecule has 0 aliphatic carbocycles. The highest BCUT2D eigenvalue weighted by atomic mass is 32.2. The lowest BCUT2D eigenvalue weighted by molar-refractivity contribution is 0.102. The van der Waals surface area contributed by atoms with E-state index in [9.17, 15) is 18.0 Å². The molecular weight excluding hydrogens is 416 g/mol. The Morgan fingerprint density at radius 1 is 1.03 bits per heavy atom. The Labute approximate surface area is 181 Å². The molecular formula is C22H26N4O4S. The monoisotopic (exact) mass is 442 g/mol. The van der Waals surface area contributed by atoms with Gasteiger partial charge in [0.2, 0.25) is 10.0 Å². The first-order valence-electron chi connectivity index (χ1n) is 10.1. The van der Waals surface area contributed by atoms with Crippen molar-refractivity contribution < 1.29 is 13.2 Å². The molecule has 164 valence electrons. The molecule has 3 rings (SSSR count). The molecule has 0 atom stereocenters. The van der Waals surface area contributed by atoms with Crippen LogP contribution in [-0.2, 0) is 10.0 Å². The molecule has 0 unspecified atom stereocenters. The lowest BCUT2D eigenvalue weighted by atomic mass is 10.1. The Kier molecular flexibility index (Phi) is 6.56. The number of nitrogens with one attached hydrogen (secondary N) is 1. The molecule has 3 aromatic rings. The number of amides is 1. The largest absolute Gasteiger partial charge is 0.321 e. The van der Waals surface area contributed by atoms with Gasteiger partial charge >= 0.3 is 0 Å². The van der Waals surface area contributed by atoms with Crippen molar-refractivity contribution in [2.75, 3.05) is 18.4 Å². The predicted molar refractivity (Wildman–Crippen MR) is 121 cm³/mol. The number of benzene rings is 2. The molecule has 0 saturated heterocycles. The van der Waals surface area contributed by atoms with E-state index in [-0.39, 0.29) is 22.2 Å². The second kappa shape index (κ2) is 8.99. The van der Waals surface area contributed by atoms with Crippen molar-refractivity contribution in [2.45, 2.75) is 38.6 Å². The average Bonchev–Trinajstić information content (AvgIpc) is 2.75. The summed E-state index contributed by atoms with van der Waals surface area (Å²) in [6, 6.07) is 12.6. The summed E-state index contributed by atoms with van der Waals surface area (Å²) in [5.74, 6) is -0.482. The molecule has 0 saturated carbocycles. The zero-order valence-electron chi connectivity index (χ0n) is 18.0. The van der Waals surface area contributed by atoms with Gasteiger partial charge in [-0.05, 0) is 44.2 Å². The third-order valence-electron chi connectivity index (χ3n) is 4.99. The Balaban J connectivity index is 1.95. The Morgan fingerprint density at radius 2 is 1.61 bits per heavy atom. The molecule has 0 spiro atoms. The minimum absolute atomic E-state index is 0.128. The Morgan fingerprint density at radius 3 is 2.16 bits per heavy atom. The van der Waals surface area contributed by atoms with E-state index in [1.165, 1.54) is 33.3 Å². The average molecular weight is 443 g/mol. The second-order valence-electron chi connectivity index (χ2n) is 7.31. The molecule has 0 aliphatic rings. The summed E-state index contributed by atoms with van der Waals surface area (Å²) in [4.78, 5) is 25.8. The first-order valence-corrected chi connectivity index (χ1v) is 11.6. The van der Waals surface area contributed by atoms with Crippen LogP contribution < -0.4 is 10.9 Å². The van der Waals surface area contributed by atoms with Gasteiger partial charge in [0.05, 0.1) is 16.3 Å². The highest BCUT2D eigenvalue weighted by Gasteiger charge is 2.22. The zero-order chi connectivity index (χ0) is 22.8. The van der Waals surface area contributed by atoms with Crippen LogP contribution in [0.4, 0.5) is 5.69 Å². The fourth-order valence-corrected chi connectivity index (χ4v) is 4.80. The Bertz CT molecular complexity index is 1260. The number of sulfonamides is 1. The number of rotatable bonds is 7.